The van der Waals surface area contributed by atoms with Gasteiger partial charge in [0.25, 0.3) is 17.4 Å². The zero-order valence-electron chi connectivity index (χ0n) is 25.0. The number of hydrogen-bond donors (Lipinski definition) is 2. The summed E-state index contributed by atoms with van der Waals surface area (Å²) in [5, 5.41) is 3.14. The van der Waals surface area contributed by atoms with Crippen LogP contribution in [0.3, 0.4) is 0 Å². The van der Waals surface area contributed by atoms with Crippen LogP contribution in [0.1, 0.15) is 45.8 Å². The van der Waals surface area contributed by atoms with E-state index in [4.69, 9.17) is 9.47 Å². The Hall–Kier alpha value is -5.23. The number of para-hydroxylation sites is 1. The van der Waals surface area contributed by atoms with Crippen LogP contribution in [-0.2, 0) is 11.8 Å². The van der Waals surface area contributed by atoms with Gasteiger partial charge in [-0.25, -0.2) is 14.1 Å². The lowest BCUT2D eigenvalue weighted by molar-refractivity contribution is 0.0655. The SMILES string of the molecule is Cc1c(C(=O)Nc2ccc(Oc3ccnc4[nH]c(C(=O)N(C)C5COC6(CC6)C5)cc34)c(F)c2)c(=O)n(-c2ccccc2)n1C. The number of amides is 2. The molecule has 11 nitrogen and oxygen atoms in total. The van der Waals surface area contributed by atoms with Gasteiger partial charge in [0.2, 0.25) is 0 Å². The van der Waals surface area contributed by atoms with Gasteiger partial charge in [0.05, 0.1) is 35.0 Å². The van der Waals surface area contributed by atoms with Gasteiger partial charge in [-0.05, 0) is 62.6 Å². The number of pyridine rings is 1. The second-order valence-electron chi connectivity index (χ2n) is 11.7. The molecule has 7 rings (SSSR count). The number of rotatable bonds is 7. The molecule has 2 aliphatic rings. The van der Waals surface area contributed by atoms with Gasteiger partial charge in [-0.2, -0.15) is 0 Å². The number of H-pyrrole nitrogens is 1. The predicted octanol–water partition coefficient (Wildman–Crippen LogP) is 4.94. The van der Waals surface area contributed by atoms with E-state index >= 15 is 4.39 Å². The second-order valence-corrected chi connectivity index (χ2v) is 11.7. The molecule has 3 aromatic heterocycles. The van der Waals surface area contributed by atoms with Crippen molar-refractivity contribution in [3.8, 4) is 17.2 Å². The molecule has 12 heteroatoms. The number of likely N-dealkylation sites (N-methyl/N-ethyl adjacent to an activating group) is 1. The fourth-order valence-corrected chi connectivity index (χ4v) is 5.92. The number of anilines is 1. The first-order valence-electron chi connectivity index (χ1n) is 14.7. The van der Waals surface area contributed by atoms with Crippen LogP contribution in [-0.4, -0.2) is 61.3 Å². The molecule has 2 N–H and O–H groups in total. The van der Waals surface area contributed by atoms with Crippen molar-refractivity contribution in [1.82, 2.24) is 24.2 Å². The first kappa shape index (κ1) is 28.5. The molecule has 4 heterocycles. The molecular weight excluding hydrogens is 579 g/mol. The van der Waals surface area contributed by atoms with Crippen molar-refractivity contribution in [2.45, 2.75) is 37.8 Å². The van der Waals surface area contributed by atoms with Crippen LogP contribution in [0.15, 0.2) is 71.7 Å². The fraction of sp³-hybridized carbons (Fsp3) is 0.273. The zero-order chi connectivity index (χ0) is 31.5. The third kappa shape index (κ3) is 5.06. The molecule has 2 aromatic carbocycles. The number of halogens is 1. The maximum absolute atomic E-state index is 15.3. The molecule has 0 bridgehead atoms. The maximum atomic E-state index is 15.3. The molecule has 0 radical (unpaired) electrons. The van der Waals surface area contributed by atoms with Crippen LogP contribution in [0.2, 0.25) is 0 Å². The van der Waals surface area contributed by atoms with E-state index in [2.05, 4.69) is 15.3 Å². The molecule has 5 aromatic rings. The topological polar surface area (TPSA) is 123 Å². The van der Waals surface area contributed by atoms with Crippen LogP contribution < -0.4 is 15.6 Å². The Morgan fingerprint density at radius 1 is 1.13 bits per heavy atom. The Morgan fingerprint density at radius 3 is 2.62 bits per heavy atom. The van der Waals surface area contributed by atoms with E-state index in [1.165, 1.54) is 23.0 Å². The Labute approximate surface area is 257 Å². The van der Waals surface area contributed by atoms with Gasteiger partial charge in [-0.3, -0.25) is 19.1 Å². The van der Waals surface area contributed by atoms with Gasteiger partial charge in [-0.15, -0.1) is 0 Å². The smallest absolute Gasteiger partial charge is 0.284 e. The van der Waals surface area contributed by atoms with E-state index in [1.54, 1.807) is 67.0 Å². The summed E-state index contributed by atoms with van der Waals surface area (Å²) in [6.07, 6.45) is 4.41. The van der Waals surface area contributed by atoms with E-state index < -0.39 is 17.3 Å². The molecule has 2 fully saturated rings. The van der Waals surface area contributed by atoms with Crippen molar-refractivity contribution in [3.63, 3.8) is 0 Å². The van der Waals surface area contributed by atoms with Crippen LogP contribution in [0, 0.1) is 12.7 Å². The van der Waals surface area contributed by atoms with E-state index in [9.17, 15) is 14.4 Å². The number of benzene rings is 2. The summed E-state index contributed by atoms with van der Waals surface area (Å²) in [6.45, 7) is 2.19. The van der Waals surface area contributed by atoms with Gasteiger partial charge in [0.15, 0.2) is 11.6 Å². The summed E-state index contributed by atoms with van der Waals surface area (Å²) in [6, 6.07) is 16.2. The minimum atomic E-state index is -0.731. The molecule has 1 spiro atoms. The number of carbonyl (C=O) groups is 2. The van der Waals surface area contributed by atoms with Gasteiger partial charge < -0.3 is 24.7 Å². The quantitative estimate of drug-likeness (QED) is 0.269. The highest BCUT2D eigenvalue weighted by Gasteiger charge is 2.51. The van der Waals surface area contributed by atoms with Gasteiger partial charge in [-0.1, -0.05) is 18.2 Å². The number of aromatic nitrogens is 4. The van der Waals surface area contributed by atoms with Crippen molar-refractivity contribution in [3.05, 3.63) is 100.0 Å². The monoisotopic (exact) mass is 610 g/mol. The molecule has 1 atom stereocenters. The molecule has 2 amide bonds. The third-order valence-electron chi connectivity index (χ3n) is 8.78. The number of nitrogens with one attached hydrogen (secondary N) is 2. The Morgan fingerprint density at radius 2 is 1.91 bits per heavy atom. The molecule has 1 aliphatic heterocycles. The zero-order valence-corrected chi connectivity index (χ0v) is 25.0. The van der Waals surface area contributed by atoms with Gasteiger partial charge >= 0.3 is 0 Å². The van der Waals surface area contributed by atoms with Crippen LogP contribution in [0.25, 0.3) is 16.7 Å². The highest BCUT2D eigenvalue weighted by molar-refractivity contribution is 6.05. The predicted molar refractivity (Wildman–Crippen MR) is 165 cm³/mol. The number of ether oxygens (including phenoxy) is 2. The number of aromatic amines is 1. The molecule has 45 heavy (non-hydrogen) atoms. The number of hydrogen-bond acceptors (Lipinski definition) is 6. The Kier molecular flexibility index (Phi) is 6.81. The molecule has 1 aliphatic carbocycles. The normalized spacial score (nSPS) is 16.7. The summed E-state index contributed by atoms with van der Waals surface area (Å²) >= 11 is 0. The summed E-state index contributed by atoms with van der Waals surface area (Å²) in [7, 11) is 3.46. The summed E-state index contributed by atoms with van der Waals surface area (Å²) < 4.78 is 30.1. The molecule has 1 unspecified atom stereocenters. The van der Waals surface area contributed by atoms with E-state index in [0.29, 0.717) is 40.5 Å². The highest BCUT2D eigenvalue weighted by Crippen LogP contribution is 2.48. The fourth-order valence-electron chi connectivity index (χ4n) is 5.92. The van der Waals surface area contributed by atoms with Crippen molar-refractivity contribution < 1.29 is 23.5 Å². The molecule has 1 saturated carbocycles. The van der Waals surface area contributed by atoms with Crippen LogP contribution in [0.4, 0.5) is 10.1 Å². The van der Waals surface area contributed by atoms with E-state index in [0.717, 1.165) is 25.3 Å². The average molecular weight is 611 g/mol. The molecular formula is C33H31FN6O5. The van der Waals surface area contributed by atoms with E-state index in [1.807, 2.05) is 6.07 Å². The number of nitrogens with zero attached hydrogens (tertiary/aromatic N) is 4. The minimum absolute atomic E-state index is 0.00102. The molecule has 230 valence electrons. The third-order valence-corrected chi connectivity index (χ3v) is 8.78. The number of carbonyl (C=O) groups excluding carboxylic acids is 2. The largest absolute Gasteiger partial charge is 0.453 e. The van der Waals surface area contributed by atoms with Crippen molar-refractivity contribution >= 4 is 28.5 Å². The average Bonchev–Trinajstić information content (AvgIpc) is 3.34. The van der Waals surface area contributed by atoms with Gasteiger partial charge in [0, 0.05) is 32.0 Å². The summed E-state index contributed by atoms with van der Waals surface area (Å²) in [5.41, 5.74) is 1.42. The maximum Gasteiger partial charge on any atom is 0.284 e. The second kappa shape index (κ2) is 10.7. The minimum Gasteiger partial charge on any atom is -0.453 e. The van der Waals surface area contributed by atoms with Crippen molar-refractivity contribution in [2.75, 3.05) is 19.0 Å². The van der Waals surface area contributed by atoms with E-state index in [-0.39, 0.29) is 34.6 Å². The first-order valence-corrected chi connectivity index (χ1v) is 14.7. The molecule has 1 saturated heterocycles. The van der Waals surface area contributed by atoms with Gasteiger partial charge in [0.1, 0.15) is 22.7 Å². The standard InChI is InChI=1S/C33H31FN6O5/c1-19-28(32(43)40(39(19)3)21-7-5-4-6-8-21)30(41)36-20-9-10-27(24(34)15-20)45-26-11-14-35-29-23(26)16-25(37-29)31(42)38(2)22-17-33(12-13-33)44-18-22/h4-11,14-16,22H,12-13,17-18H2,1-3H3,(H,35,37)(H,36,41). The summed E-state index contributed by atoms with van der Waals surface area (Å²) in [5.74, 6) is -1.37. The summed E-state index contributed by atoms with van der Waals surface area (Å²) in [4.78, 5) is 48.7. The number of fused-ring (bicyclic) bond motifs is 1. The lowest BCUT2D eigenvalue weighted by atomic mass is 10.1. The van der Waals surface area contributed by atoms with Crippen LogP contribution >= 0.6 is 0 Å². The lowest BCUT2D eigenvalue weighted by Crippen LogP contribution is -2.37. The highest BCUT2D eigenvalue weighted by atomic mass is 19.1. The first-order chi connectivity index (χ1) is 21.6. The van der Waals surface area contributed by atoms with Crippen molar-refractivity contribution in [2.24, 2.45) is 7.05 Å². The Bertz CT molecular complexity index is 2030. The lowest BCUT2D eigenvalue weighted by Gasteiger charge is -2.22. The van der Waals surface area contributed by atoms with Crippen LogP contribution in [0.5, 0.6) is 11.5 Å². The van der Waals surface area contributed by atoms with Crippen molar-refractivity contribution in [1.29, 1.82) is 0 Å². The Balaban J connectivity index is 1.08.